The second-order valence-electron chi connectivity index (χ2n) is 5.73. The summed E-state index contributed by atoms with van der Waals surface area (Å²) in [5.74, 6) is 0. The molecule has 0 spiro atoms. The third kappa shape index (κ3) is 4.55. The number of alkyl carbamates (subject to hydrolysis) is 1. The van der Waals surface area contributed by atoms with Crippen molar-refractivity contribution in [2.45, 2.75) is 52.3 Å². The first-order valence-corrected chi connectivity index (χ1v) is 6.47. The topological polar surface area (TPSA) is 82.2 Å². The highest BCUT2D eigenvalue weighted by molar-refractivity contribution is 5.68. The number of nitrogens with zero attached hydrogens (tertiary/aromatic N) is 2. The summed E-state index contributed by atoms with van der Waals surface area (Å²) in [6.45, 7) is 9.81. The van der Waals surface area contributed by atoms with Gasteiger partial charge in [0, 0.05) is 18.8 Å². The lowest BCUT2D eigenvalue weighted by Gasteiger charge is -2.24. The molecule has 0 aliphatic carbocycles. The maximum atomic E-state index is 11.8. The van der Waals surface area contributed by atoms with E-state index in [1.165, 1.54) is 0 Å². The second kappa shape index (κ2) is 6.06. The first-order valence-electron chi connectivity index (χ1n) is 6.47. The molecule has 1 atom stereocenters. The van der Waals surface area contributed by atoms with Gasteiger partial charge in [-0.05, 0) is 40.7 Å². The number of nitrogens with one attached hydrogen (secondary N) is 1. The number of carbonyl (C=O) groups excluding carboxylic acids is 1. The fraction of sp³-hybridized carbons (Fsp3) is 0.692. The van der Waals surface area contributed by atoms with Gasteiger partial charge in [0.05, 0.1) is 11.7 Å². The van der Waals surface area contributed by atoms with E-state index in [0.717, 1.165) is 5.69 Å². The molecule has 0 saturated carbocycles. The molecule has 1 aromatic rings. The molecule has 0 bridgehead atoms. The van der Waals surface area contributed by atoms with Gasteiger partial charge in [0.2, 0.25) is 0 Å². The van der Waals surface area contributed by atoms with Crippen molar-refractivity contribution in [3.63, 3.8) is 0 Å². The van der Waals surface area contributed by atoms with Crippen LogP contribution in [0.4, 0.5) is 4.79 Å². The molecule has 0 aromatic carbocycles. The predicted octanol–water partition coefficient (Wildman–Crippen LogP) is 1.99. The van der Waals surface area contributed by atoms with Gasteiger partial charge in [0.1, 0.15) is 5.60 Å². The summed E-state index contributed by atoms with van der Waals surface area (Å²) in [7, 11) is 0. The molecule has 0 aliphatic rings. The van der Waals surface area contributed by atoms with E-state index in [-0.39, 0.29) is 18.6 Å². The van der Waals surface area contributed by atoms with Gasteiger partial charge in [0.25, 0.3) is 0 Å². The highest BCUT2D eigenvalue weighted by Gasteiger charge is 2.22. The molecule has 6 heteroatoms. The quantitative estimate of drug-likeness (QED) is 0.875. The normalized spacial score (nSPS) is 13.4. The smallest absolute Gasteiger partial charge is 0.408 e. The highest BCUT2D eigenvalue weighted by Crippen LogP contribution is 2.16. The minimum atomic E-state index is -0.526. The highest BCUT2D eigenvalue weighted by atomic mass is 16.6. The molecule has 1 aromatic heterocycles. The van der Waals surface area contributed by atoms with Crippen LogP contribution in [0, 0.1) is 0 Å². The van der Waals surface area contributed by atoms with Crippen LogP contribution in [-0.2, 0) is 4.74 Å². The summed E-state index contributed by atoms with van der Waals surface area (Å²) in [5, 5.41) is 7.01. The van der Waals surface area contributed by atoms with Crippen molar-refractivity contribution >= 4 is 6.09 Å². The molecule has 1 amide bonds. The monoisotopic (exact) mass is 268 g/mol. The molecule has 1 unspecified atom stereocenters. The Bertz CT molecular complexity index is 421. The molecule has 0 saturated heterocycles. The number of nitrogens with two attached hydrogens (primary N) is 1. The fourth-order valence-corrected chi connectivity index (χ4v) is 1.74. The van der Waals surface area contributed by atoms with E-state index < -0.39 is 11.7 Å². The van der Waals surface area contributed by atoms with Crippen molar-refractivity contribution < 1.29 is 9.53 Å². The van der Waals surface area contributed by atoms with Crippen LogP contribution in [0.25, 0.3) is 0 Å². The van der Waals surface area contributed by atoms with Crippen molar-refractivity contribution in [3.8, 4) is 0 Å². The molecule has 3 N–H and O–H groups in total. The van der Waals surface area contributed by atoms with Gasteiger partial charge in [-0.2, -0.15) is 5.10 Å². The van der Waals surface area contributed by atoms with Crippen LogP contribution in [0.15, 0.2) is 12.3 Å². The number of aromatic nitrogens is 2. The van der Waals surface area contributed by atoms with E-state index in [0.29, 0.717) is 0 Å². The van der Waals surface area contributed by atoms with Gasteiger partial charge in [-0.1, -0.05) is 0 Å². The number of carbonyl (C=O) groups is 1. The zero-order chi connectivity index (χ0) is 14.6. The average Bonchev–Trinajstić information content (AvgIpc) is 2.72. The van der Waals surface area contributed by atoms with E-state index in [9.17, 15) is 4.79 Å². The van der Waals surface area contributed by atoms with Crippen molar-refractivity contribution in [3.05, 3.63) is 18.0 Å². The van der Waals surface area contributed by atoms with Crippen LogP contribution in [0.3, 0.4) is 0 Å². The van der Waals surface area contributed by atoms with Crippen LogP contribution < -0.4 is 11.1 Å². The van der Waals surface area contributed by atoms with Gasteiger partial charge in [-0.25, -0.2) is 4.79 Å². The SMILES string of the molecule is CC(C)n1nccc1C(CN)NC(=O)OC(C)(C)C. The van der Waals surface area contributed by atoms with Crippen LogP contribution in [-0.4, -0.2) is 28.0 Å². The van der Waals surface area contributed by atoms with Gasteiger partial charge in [-0.15, -0.1) is 0 Å². The maximum Gasteiger partial charge on any atom is 0.408 e. The predicted molar refractivity (Wildman–Crippen MR) is 73.8 cm³/mol. The Kier molecular flexibility index (Phi) is 4.94. The lowest BCUT2D eigenvalue weighted by molar-refractivity contribution is 0.0502. The molecule has 0 aliphatic heterocycles. The van der Waals surface area contributed by atoms with E-state index in [1.807, 2.05) is 45.4 Å². The number of amides is 1. The molecule has 0 fully saturated rings. The third-order valence-corrected chi connectivity index (χ3v) is 2.47. The average molecular weight is 268 g/mol. The maximum absolute atomic E-state index is 11.8. The molecular formula is C13H24N4O2. The van der Waals surface area contributed by atoms with E-state index in [1.54, 1.807) is 6.20 Å². The van der Waals surface area contributed by atoms with Crippen molar-refractivity contribution in [1.82, 2.24) is 15.1 Å². The summed E-state index contributed by atoms with van der Waals surface area (Å²) in [4.78, 5) is 11.8. The van der Waals surface area contributed by atoms with Gasteiger partial charge >= 0.3 is 6.09 Å². The van der Waals surface area contributed by atoms with Crippen LogP contribution >= 0.6 is 0 Å². The Labute approximate surface area is 114 Å². The Morgan fingerprint density at radius 3 is 2.63 bits per heavy atom. The molecule has 1 rings (SSSR count). The minimum Gasteiger partial charge on any atom is -0.444 e. The van der Waals surface area contributed by atoms with Crippen molar-refractivity contribution in [2.75, 3.05) is 6.54 Å². The van der Waals surface area contributed by atoms with Gasteiger partial charge in [0.15, 0.2) is 0 Å². The first kappa shape index (κ1) is 15.5. The Morgan fingerprint density at radius 2 is 2.16 bits per heavy atom. The lowest BCUT2D eigenvalue weighted by Crippen LogP contribution is -2.38. The molecule has 19 heavy (non-hydrogen) atoms. The zero-order valence-electron chi connectivity index (χ0n) is 12.3. The molecule has 0 radical (unpaired) electrons. The van der Waals surface area contributed by atoms with Crippen molar-refractivity contribution in [1.29, 1.82) is 0 Å². The second-order valence-corrected chi connectivity index (χ2v) is 5.73. The summed E-state index contributed by atoms with van der Waals surface area (Å²) in [6, 6.07) is 1.76. The van der Waals surface area contributed by atoms with Crippen LogP contribution in [0.5, 0.6) is 0 Å². The Hall–Kier alpha value is -1.56. The van der Waals surface area contributed by atoms with Crippen LogP contribution in [0.1, 0.15) is 52.4 Å². The summed E-state index contributed by atoms with van der Waals surface area (Å²) in [5.41, 5.74) is 6.09. The molecule has 6 nitrogen and oxygen atoms in total. The van der Waals surface area contributed by atoms with Gasteiger partial charge in [-0.3, -0.25) is 4.68 Å². The Balaban J connectivity index is 2.78. The van der Waals surface area contributed by atoms with E-state index in [4.69, 9.17) is 10.5 Å². The number of hydrogen-bond acceptors (Lipinski definition) is 4. The van der Waals surface area contributed by atoms with Crippen LogP contribution in [0.2, 0.25) is 0 Å². The molecular weight excluding hydrogens is 244 g/mol. The van der Waals surface area contributed by atoms with Crippen molar-refractivity contribution in [2.24, 2.45) is 5.73 Å². The fourth-order valence-electron chi connectivity index (χ4n) is 1.74. The Morgan fingerprint density at radius 1 is 1.53 bits per heavy atom. The molecule has 1 heterocycles. The van der Waals surface area contributed by atoms with E-state index >= 15 is 0 Å². The first-order chi connectivity index (χ1) is 8.74. The van der Waals surface area contributed by atoms with Gasteiger partial charge < -0.3 is 15.8 Å². The summed E-state index contributed by atoms with van der Waals surface area (Å²) in [6.07, 6.45) is 1.23. The summed E-state index contributed by atoms with van der Waals surface area (Å²) >= 11 is 0. The summed E-state index contributed by atoms with van der Waals surface area (Å²) < 4.78 is 7.08. The number of ether oxygens (including phenoxy) is 1. The standard InChI is InChI=1S/C13H24N4O2/c1-9(2)17-11(6-7-15-17)10(8-14)16-12(18)19-13(3,4)5/h6-7,9-10H,8,14H2,1-5H3,(H,16,18). The molecule has 108 valence electrons. The largest absolute Gasteiger partial charge is 0.444 e. The van der Waals surface area contributed by atoms with E-state index in [2.05, 4.69) is 10.4 Å². The number of hydrogen-bond donors (Lipinski definition) is 2. The lowest BCUT2D eigenvalue weighted by atomic mass is 10.2. The third-order valence-electron chi connectivity index (χ3n) is 2.47. The number of rotatable bonds is 4. The zero-order valence-corrected chi connectivity index (χ0v) is 12.3. The minimum absolute atomic E-state index is 0.208.